The van der Waals surface area contributed by atoms with Crippen LogP contribution in [0.5, 0.6) is 0 Å². The van der Waals surface area contributed by atoms with Crippen LogP contribution < -0.4 is 5.56 Å². The van der Waals surface area contributed by atoms with Gasteiger partial charge in [-0.25, -0.2) is 9.97 Å². The second-order valence-electron chi connectivity index (χ2n) is 5.37. The van der Waals surface area contributed by atoms with Gasteiger partial charge in [0, 0.05) is 24.5 Å². The number of H-pyrrole nitrogens is 1. The van der Waals surface area contributed by atoms with Gasteiger partial charge in [0.1, 0.15) is 5.82 Å². The molecule has 2 aromatic carbocycles. The van der Waals surface area contributed by atoms with Gasteiger partial charge in [0.2, 0.25) is 0 Å². The van der Waals surface area contributed by atoms with Gasteiger partial charge in [-0.2, -0.15) is 0 Å². The van der Waals surface area contributed by atoms with Crippen molar-refractivity contribution in [1.82, 2.24) is 19.5 Å². The lowest BCUT2D eigenvalue weighted by atomic mass is 10.1. The summed E-state index contributed by atoms with van der Waals surface area (Å²) in [5, 5.41) is 0.603. The average Bonchev–Trinajstić information content (AvgIpc) is 3.08. The molecule has 0 aliphatic rings. The maximum absolute atomic E-state index is 12.2. The Bertz CT molecular complexity index is 1020. The van der Waals surface area contributed by atoms with Crippen molar-refractivity contribution >= 4 is 10.9 Å². The molecule has 0 saturated carbocycles. The minimum absolute atomic E-state index is 0.120. The molecule has 0 aliphatic carbocycles. The zero-order valence-corrected chi connectivity index (χ0v) is 12.3. The van der Waals surface area contributed by atoms with Gasteiger partial charge in [-0.15, -0.1) is 0 Å². The number of imidazole rings is 1. The highest BCUT2D eigenvalue weighted by molar-refractivity contribution is 5.79. The van der Waals surface area contributed by atoms with E-state index in [0.29, 0.717) is 16.7 Å². The summed E-state index contributed by atoms with van der Waals surface area (Å²) in [6.07, 6.45) is 5.46. The van der Waals surface area contributed by atoms with E-state index in [1.807, 2.05) is 53.2 Å². The molecule has 0 atom stereocenters. The van der Waals surface area contributed by atoms with Crippen LogP contribution in [0, 0.1) is 0 Å². The Morgan fingerprint density at radius 3 is 2.87 bits per heavy atom. The molecular formula is C18H14N4O. The van der Waals surface area contributed by atoms with Crippen molar-refractivity contribution in [2.24, 2.45) is 0 Å². The number of para-hydroxylation sites is 1. The normalized spacial score (nSPS) is 11.0. The predicted octanol–water partition coefficient (Wildman–Crippen LogP) is 2.83. The fourth-order valence-electron chi connectivity index (χ4n) is 2.63. The van der Waals surface area contributed by atoms with Gasteiger partial charge in [0.05, 0.1) is 17.2 Å². The standard InChI is InChI=1S/C18H14N4O/c23-18-15-6-1-2-7-16(15)20-17(21-18)14-5-3-4-13(10-14)11-22-9-8-19-12-22/h1-10,12H,11H2,(H,20,21,23). The molecule has 112 valence electrons. The average molecular weight is 302 g/mol. The highest BCUT2D eigenvalue weighted by Crippen LogP contribution is 2.18. The van der Waals surface area contributed by atoms with E-state index in [1.54, 1.807) is 18.6 Å². The van der Waals surface area contributed by atoms with Crippen molar-refractivity contribution in [3.05, 3.63) is 83.2 Å². The summed E-state index contributed by atoms with van der Waals surface area (Å²) in [5.41, 5.74) is 2.60. The number of rotatable bonds is 3. The van der Waals surface area contributed by atoms with Crippen LogP contribution in [0.1, 0.15) is 5.56 Å². The molecule has 4 rings (SSSR count). The second-order valence-corrected chi connectivity index (χ2v) is 5.37. The Kier molecular flexibility index (Phi) is 3.24. The van der Waals surface area contributed by atoms with E-state index in [0.717, 1.165) is 17.7 Å². The first-order valence-electron chi connectivity index (χ1n) is 7.34. The van der Waals surface area contributed by atoms with E-state index in [-0.39, 0.29) is 5.56 Å². The van der Waals surface area contributed by atoms with E-state index in [9.17, 15) is 4.79 Å². The highest BCUT2D eigenvalue weighted by Gasteiger charge is 2.06. The van der Waals surface area contributed by atoms with Crippen molar-refractivity contribution < 1.29 is 0 Å². The fourth-order valence-corrected chi connectivity index (χ4v) is 2.63. The van der Waals surface area contributed by atoms with Crippen LogP contribution in [0.15, 0.2) is 72.0 Å². The molecule has 5 heteroatoms. The number of hydrogen-bond acceptors (Lipinski definition) is 3. The SMILES string of the molecule is O=c1[nH]c(-c2cccc(Cn3ccnc3)c2)nc2ccccc12. The molecular weight excluding hydrogens is 288 g/mol. The highest BCUT2D eigenvalue weighted by atomic mass is 16.1. The number of nitrogens with one attached hydrogen (secondary N) is 1. The van der Waals surface area contributed by atoms with Crippen molar-refractivity contribution in [3.8, 4) is 11.4 Å². The third kappa shape index (κ3) is 2.64. The maximum Gasteiger partial charge on any atom is 0.259 e. The van der Waals surface area contributed by atoms with Gasteiger partial charge in [-0.3, -0.25) is 4.79 Å². The number of benzene rings is 2. The molecule has 0 aliphatic heterocycles. The molecule has 1 N–H and O–H groups in total. The van der Waals surface area contributed by atoms with E-state index in [4.69, 9.17) is 0 Å². The molecule has 0 fully saturated rings. The van der Waals surface area contributed by atoms with Crippen LogP contribution in [0.3, 0.4) is 0 Å². The summed E-state index contributed by atoms with van der Waals surface area (Å²) < 4.78 is 2.00. The smallest absolute Gasteiger partial charge is 0.259 e. The quantitative estimate of drug-likeness (QED) is 0.633. The summed E-state index contributed by atoms with van der Waals surface area (Å²) in [6, 6.07) is 15.3. The molecule has 0 amide bonds. The predicted molar refractivity (Wildman–Crippen MR) is 89.1 cm³/mol. The Morgan fingerprint density at radius 2 is 2.00 bits per heavy atom. The molecule has 4 aromatic rings. The molecule has 23 heavy (non-hydrogen) atoms. The topological polar surface area (TPSA) is 63.6 Å². The molecule has 0 radical (unpaired) electrons. The van der Waals surface area contributed by atoms with E-state index >= 15 is 0 Å². The minimum atomic E-state index is -0.120. The Labute approximate surface area is 132 Å². The van der Waals surface area contributed by atoms with Crippen LogP contribution in [0.2, 0.25) is 0 Å². The summed E-state index contributed by atoms with van der Waals surface area (Å²) in [7, 11) is 0. The first kappa shape index (κ1) is 13.5. The molecule has 5 nitrogen and oxygen atoms in total. The van der Waals surface area contributed by atoms with Gasteiger partial charge < -0.3 is 9.55 Å². The van der Waals surface area contributed by atoms with Crippen molar-refractivity contribution in [2.45, 2.75) is 6.54 Å². The lowest BCUT2D eigenvalue weighted by Gasteiger charge is -2.07. The third-order valence-corrected chi connectivity index (χ3v) is 3.74. The summed E-state index contributed by atoms with van der Waals surface area (Å²) in [6.45, 7) is 0.728. The van der Waals surface area contributed by atoms with E-state index in [1.165, 1.54) is 0 Å². The van der Waals surface area contributed by atoms with Crippen LogP contribution in [0.4, 0.5) is 0 Å². The largest absolute Gasteiger partial charge is 0.333 e. The van der Waals surface area contributed by atoms with Crippen molar-refractivity contribution in [1.29, 1.82) is 0 Å². The molecule has 2 heterocycles. The zero-order chi connectivity index (χ0) is 15.6. The summed E-state index contributed by atoms with van der Waals surface area (Å²) >= 11 is 0. The fraction of sp³-hybridized carbons (Fsp3) is 0.0556. The lowest BCUT2D eigenvalue weighted by Crippen LogP contribution is -2.09. The van der Waals surface area contributed by atoms with E-state index in [2.05, 4.69) is 15.0 Å². The molecule has 0 unspecified atom stereocenters. The van der Waals surface area contributed by atoms with Crippen LogP contribution in [-0.4, -0.2) is 19.5 Å². The summed E-state index contributed by atoms with van der Waals surface area (Å²) in [4.78, 5) is 23.7. The van der Waals surface area contributed by atoms with Gasteiger partial charge in [-0.1, -0.05) is 30.3 Å². The zero-order valence-electron chi connectivity index (χ0n) is 12.3. The summed E-state index contributed by atoms with van der Waals surface area (Å²) in [5.74, 6) is 0.584. The molecule has 2 aromatic heterocycles. The molecule has 0 saturated heterocycles. The monoisotopic (exact) mass is 302 g/mol. The van der Waals surface area contributed by atoms with Crippen molar-refractivity contribution in [3.63, 3.8) is 0 Å². The van der Waals surface area contributed by atoms with E-state index < -0.39 is 0 Å². The Morgan fingerprint density at radius 1 is 1.09 bits per heavy atom. The van der Waals surface area contributed by atoms with Crippen LogP contribution >= 0.6 is 0 Å². The first-order chi connectivity index (χ1) is 11.3. The third-order valence-electron chi connectivity index (χ3n) is 3.74. The second kappa shape index (κ2) is 5.53. The number of hydrogen-bond donors (Lipinski definition) is 1. The number of aromatic amines is 1. The Balaban J connectivity index is 1.77. The first-order valence-corrected chi connectivity index (χ1v) is 7.34. The lowest BCUT2D eigenvalue weighted by molar-refractivity contribution is 0.797. The Hall–Kier alpha value is -3.21. The number of nitrogens with zero attached hydrogens (tertiary/aromatic N) is 3. The molecule has 0 spiro atoms. The van der Waals surface area contributed by atoms with Crippen LogP contribution in [-0.2, 0) is 6.54 Å². The molecule has 0 bridgehead atoms. The van der Waals surface area contributed by atoms with Gasteiger partial charge in [-0.05, 0) is 23.8 Å². The minimum Gasteiger partial charge on any atom is -0.333 e. The van der Waals surface area contributed by atoms with Gasteiger partial charge in [0.15, 0.2) is 0 Å². The van der Waals surface area contributed by atoms with Crippen LogP contribution in [0.25, 0.3) is 22.3 Å². The van der Waals surface area contributed by atoms with Gasteiger partial charge in [0.25, 0.3) is 5.56 Å². The van der Waals surface area contributed by atoms with Gasteiger partial charge >= 0.3 is 0 Å². The van der Waals surface area contributed by atoms with Crippen molar-refractivity contribution in [2.75, 3.05) is 0 Å². The number of fused-ring (bicyclic) bond motifs is 1. The number of aromatic nitrogens is 4. The maximum atomic E-state index is 12.2.